The number of pyridine rings is 1. The second-order valence-corrected chi connectivity index (χ2v) is 13.2. The molecule has 3 aromatic heterocycles. The number of ether oxygens (including phenoxy) is 3. The molecular formula is C42H40N4O3Pt. The molecule has 8 heteroatoms. The van der Waals surface area contributed by atoms with Gasteiger partial charge in [-0.3, -0.25) is 4.68 Å². The Labute approximate surface area is 308 Å². The molecule has 7 rings (SSSR count). The SMILES string of the molecule is CCOc1c(C)cc(C)c(OCC)c1-c1cnn(-c2[c-]c(Oc3[c-]c4c(cc3)c3ccccc3n4-c3cc(C(C)(C)C)ccn3)ccc2)c1.[Pt+2]. The van der Waals surface area contributed by atoms with Crippen molar-refractivity contribution in [3.63, 3.8) is 0 Å². The monoisotopic (exact) mass is 843 g/mol. The van der Waals surface area contributed by atoms with Crippen LogP contribution < -0.4 is 14.2 Å². The summed E-state index contributed by atoms with van der Waals surface area (Å²) in [5.74, 6) is 3.59. The van der Waals surface area contributed by atoms with Crippen LogP contribution in [0.5, 0.6) is 23.0 Å². The van der Waals surface area contributed by atoms with Crippen LogP contribution in [-0.4, -0.2) is 32.5 Å². The van der Waals surface area contributed by atoms with Crippen LogP contribution in [0, 0.1) is 26.0 Å². The molecule has 0 amide bonds. The van der Waals surface area contributed by atoms with Crippen molar-refractivity contribution in [1.29, 1.82) is 0 Å². The third kappa shape index (κ3) is 6.55. The minimum Gasteiger partial charge on any atom is -0.509 e. The van der Waals surface area contributed by atoms with Crippen LogP contribution in [0.1, 0.15) is 51.3 Å². The average molecular weight is 844 g/mol. The van der Waals surface area contributed by atoms with Crippen LogP contribution >= 0.6 is 0 Å². The van der Waals surface area contributed by atoms with Crippen LogP contribution in [0.3, 0.4) is 0 Å². The van der Waals surface area contributed by atoms with Gasteiger partial charge in [0.05, 0.1) is 25.0 Å². The number of hydrogen-bond acceptors (Lipinski definition) is 5. The van der Waals surface area contributed by atoms with Gasteiger partial charge < -0.3 is 18.8 Å². The summed E-state index contributed by atoms with van der Waals surface area (Å²) in [6.45, 7) is 15.8. The zero-order chi connectivity index (χ0) is 34.3. The zero-order valence-corrected chi connectivity index (χ0v) is 31.7. The van der Waals surface area contributed by atoms with Gasteiger partial charge >= 0.3 is 21.1 Å². The molecule has 0 unspecified atom stereocenters. The van der Waals surface area contributed by atoms with Gasteiger partial charge in [-0.15, -0.1) is 35.7 Å². The molecule has 0 bridgehead atoms. The fourth-order valence-electron chi connectivity index (χ4n) is 6.39. The molecule has 0 aliphatic heterocycles. The van der Waals surface area contributed by atoms with Crippen molar-refractivity contribution >= 4 is 21.8 Å². The molecule has 0 aliphatic rings. The largest absolute Gasteiger partial charge is 2.00 e. The third-order valence-electron chi connectivity index (χ3n) is 8.67. The molecule has 3 heterocycles. The first kappa shape index (κ1) is 35.0. The topological polar surface area (TPSA) is 63.3 Å². The maximum absolute atomic E-state index is 6.41. The molecule has 4 aromatic carbocycles. The van der Waals surface area contributed by atoms with E-state index in [1.54, 1.807) is 4.68 Å². The molecule has 50 heavy (non-hydrogen) atoms. The summed E-state index contributed by atoms with van der Waals surface area (Å²) in [5.41, 5.74) is 7.81. The summed E-state index contributed by atoms with van der Waals surface area (Å²) in [6.07, 6.45) is 5.70. The van der Waals surface area contributed by atoms with E-state index >= 15 is 0 Å². The summed E-state index contributed by atoms with van der Waals surface area (Å²) in [4.78, 5) is 4.79. The van der Waals surface area contributed by atoms with Crippen LogP contribution in [0.4, 0.5) is 0 Å². The van der Waals surface area contributed by atoms with E-state index in [0.29, 0.717) is 24.7 Å². The van der Waals surface area contributed by atoms with E-state index in [4.69, 9.17) is 24.3 Å². The van der Waals surface area contributed by atoms with Crippen molar-refractivity contribution in [2.75, 3.05) is 13.2 Å². The number of para-hydroxylation sites is 1. The number of fused-ring (bicyclic) bond motifs is 3. The first-order valence-electron chi connectivity index (χ1n) is 16.7. The molecule has 256 valence electrons. The van der Waals surface area contributed by atoms with E-state index in [2.05, 4.69) is 99.8 Å². The van der Waals surface area contributed by atoms with Gasteiger partial charge in [0.1, 0.15) is 17.3 Å². The summed E-state index contributed by atoms with van der Waals surface area (Å²) >= 11 is 0. The number of aromatic nitrogens is 4. The second-order valence-electron chi connectivity index (χ2n) is 13.2. The molecule has 7 aromatic rings. The first-order chi connectivity index (χ1) is 23.7. The van der Waals surface area contributed by atoms with Gasteiger partial charge in [0.15, 0.2) is 0 Å². The molecule has 0 saturated heterocycles. The molecule has 0 atom stereocenters. The molecule has 0 fully saturated rings. The molecule has 0 saturated carbocycles. The number of rotatable bonds is 9. The molecular weight excluding hydrogens is 804 g/mol. The Bertz CT molecular complexity index is 2280. The van der Waals surface area contributed by atoms with E-state index in [0.717, 1.165) is 67.1 Å². The van der Waals surface area contributed by atoms with Crippen molar-refractivity contribution in [1.82, 2.24) is 19.3 Å². The van der Waals surface area contributed by atoms with Crippen molar-refractivity contribution < 1.29 is 35.3 Å². The average Bonchev–Trinajstić information content (AvgIpc) is 3.70. The van der Waals surface area contributed by atoms with E-state index in [1.807, 2.05) is 56.7 Å². The van der Waals surface area contributed by atoms with Gasteiger partial charge in [-0.1, -0.05) is 44.5 Å². The Morgan fingerprint density at radius 2 is 1.50 bits per heavy atom. The van der Waals surface area contributed by atoms with Gasteiger partial charge in [0.25, 0.3) is 0 Å². The van der Waals surface area contributed by atoms with Gasteiger partial charge in [-0.05, 0) is 85.1 Å². The smallest absolute Gasteiger partial charge is 0.509 e. The molecule has 0 aliphatic carbocycles. The summed E-state index contributed by atoms with van der Waals surface area (Å²) < 4.78 is 22.6. The molecule has 0 spiro atoms. The van der Waals surface area contributed by atoms with Gasteiger partial charge in [0.2, 0.25) is 0 Å². The summed E-state index contributed by atoms with van der Waals surface area (Å²) in [5, 5.41) is 6.92. The Morgan fingerprint density at radius 3 is 2.22 bits per heavy atom. The number of benzene rings is 4. The predicted octanol–water partition coefficient (Wildman–Crippen LogP) is 10.1. The zero-order valence-electron chi connectivity index (χ0n) is 29.4. The van der Waals surface area contributed by atoms with E-state index in [9.17, 15) is 0 Å². The van der Waals surface area contributed by atoms with Crippen molar-refractivity contribution in [2.24, 2.45) is 0 Å². The fourth-order valence-corrected chi connectivity index (χ4v) is 6.39. The van der Waals surface area contributed by atoms with E-state index in [1.165, 1.54) is 5.56 Å². The Kier molecular flexibility index (Phi) is 9.91. The van der Waals surface area contributed by atoms with Gasteiger partial charge in [0, 0.05) is 35.0 Å². The standard InChI is InChI=1S/C42H40N4O3.Pt/c1-8-47-40-27(3)21-28(4)41(48-9-2)39(40)29-25-44-45(26-29)31-13-12-14-32(23-31)49-33-17-18-35-34-15-10-11-16-36(34)46(37(35)24-33)38-22-30(19-20-43-38)42(5,6)7;/h10-22,25-26H,8-9H2,1-7H3;/q-2;+2. The maximum Gasteiger partial charge on any atom is 2.00 e. The molecule has 0 N–H and O–H groups in total. The fraction of sp³-hybridized carbons (Fsp3) is 0.238. The Hall–Kier alpha value is -4.87. The maximum atomic E-state index is 6.41. The predicted molar refractivity (Wildman–Crippen MR) is 196 cm³/mol. The van der Waals surface area contributed by atoms with Crippen molar-refractivity contribution in [3.05, 3.63) is 120 Å². The second kappa shape index (κ2) is 14.2. The van der Waals surface area contributed by atoms with Gasteiger partial charge in [-0.2, -0.15) is 17.2 Å². The number of aryl methyl sites for hydroxylation is 2. The Morgan fingerprint density at radius 1 is 0.780 bits per heavy atom. The summed E-state index contributed by atoms with van der Waals surface area (Å²) in [7, 11) is 0. The van der Waals surface area contributed by atoms with Crippen LogP contribution in [0.2, 0.25) is 0 Å². The van der Waals surface area contributed by atoms with E-state index in [-0.39, 0.29) is 26.5 Å². The first-order valence-corrected chi connectivity index (χ1v) is 16.7. The van der Waals surface area contributed by atoms with Gasteiger partial charge in [-0.25, -0.2) is 4.98 Å². The quantitative estimate of drug-likeness (QED) is 0.136. The minimum atomic E-state index is -0.0131. The molecule has 7 nitrogen and oxygen atoms in total. The summed E-state index contributed by atoms with van der Waals surface area (Å²) in [6, 6.07) is 31.5. The minimum absolute atomic E-state index is 0. The van der Waals surface area contributed by atoms with Crippen molar-refractivity contribution in [2.45, 2.75) is 53.9 Å². The third-order valence-corrected chi connectivity index (χ3v) is 8.67. The van der Waals surface area contributed by atoms with E-state index < -0.39 is 0 Å². The Balaban J connectivity index is 0.00000432. The van der Waals surface area contributed by atoms with Crippen molar-refractivity contribution in [3.8, 4) is 45.6 Å². The normalized spacial score (nSPS) is 11.5. The number of nitrogens with zero attached hydrogens (tertiary/aromatic N) is 4. The van der Waals surface area contributed by atoms with Crippen LogP contribution in [-0.2, 0) is 26.5 Å². The number of hydrogen-bond donors (Lipinski definition) is 0. The van der Waals surface area contributed by atoms with Crippen LogP contribution in [0.15, 0.2) is 91.4 Å². The molecule has 0 radical (unpaired) electrons. The van der Waals surface area contributed by atoms with Crippen LogP contribution in [0.25, 0.3) is 44.4 Å².